The van der Waals surface area contributed by atoms with Crippen molar-refractivity contribution in [3.05, 3.63) is 42.6 Å². The number of hydrogen-bond donors (Lipinski definition) is 1. The first-order chi connectivity index (χ1) is 7.31. The Labute approximate surface area is 101 Å². The van der Waals surface area contributed by atoms with Crippen LogP contribution < -0.4 is 5.73 Å². The van der Waals surface area contributed by atoms with Crippen LogP contribution in [0.15, 0.2) is 41.3 Å². The molecule has 2 heterocycles. The van der Waals surface area contributed by atoms with Crippen LogP contribution in [0, 0.1) is 0 Å². The first-order valence-electron chi connectivity index (χ1n) is 5.05. The van der Waals surface area contributed by atoms with Gasteiger partial charge in [-0.25, -0.2) is 0 Å². The van der Waals surface area contributed by atoms with Crippen molar-refractivity contribution in [1.82, 2.24) is 4.98 Å². The molecule has 0 radical (unpaired) electrons. The lowest BCUT2D eigenvalue weighted by Gasteiger charge is -2.02. The Hall–Kier alpha value is -1.32. The Kier molecular flexibility index (Phi) is 4.52. The molecule has 2 rings (SSSR count). The van der Waals surface area contributed by atoms with Crippen LogP contribution in [-0.2, 0) is 0 Å². The van der Waals surface area contributed by atoms with Gasteiger partial charge in [-0.05, 0) is 30.2 Å². The van der Waals surface area contributed by atoms with Crippen molar-refractivity contribution in [2.75, 3.05) is 0 Å². The van der Waals surface area contributed by atoms with Gasteiger partial charge in [0, 0.05) is 18.0 Å². The summed E-state index contributed by atoms with van der Waals surface area (Å²) in [6.07, 6.45) is 6.15. The van der Waals surface area contributed by atoms with E-state index >= 15 is 0 Å². The van der Waals surface area contributed by atoms with Crippen molar-refractivity contribution in [1.29, 1.82) is 0 Å². The summed E-state index contributed by atoms with van der Waals surface area (Å²) < 4.78 is 5.43. The predicted molar refractivity (Wildman–Crippen MR) is 66.4 cm³/mol. The molecule has 2 N–H and O–H groups in total. The van der Waals surface area contributed by atoms with Crippen LogP contribution in [0.1, 0.15) is 25.1 Å². The first-order valence-corrected chi connectivity index (χ1v) is 5.05. The zero-order valence-corrected chi connectivity index (χ0v) is 9.91. The summed E-state index contributed by atoms with van der Waals surface area (Å²) in [5, 5.41) is 0. The molecule has 2 aromatic heterocycles. The largest absolute Gasteiger partial charge is 0.467 e. The molecule has 0 bridgehead atoms. The lowest BCUT2D eigenvalue weighted by Crippen LogP contribution is -2.06. The van der Waals surface area contributed by atoms with E-state index in [2.05, 4.69) is 4.98 Å². The molecule has 0 aliphatic carbocycles. The maximum absolute atomic E-state index is 5.88. The van der Waals surface area contributed by atoms with Crippen molar-refractivity contribution >= 4 is 12.4 Å². The van der Waals surface area contributed by atoms with Crippen LogP contribution in [0.2, 0.25) is 0 Å². The fourth-order valence-corrected chi connectivity index (χ4v) is 1.44. The third-order valence-corrected chi connectivity index (χ3v) is 2.44. The zero-order chi connectivity index (χ0) is 10.7. The van der Waals surface area contributed by atoms with E-state index in [1.165, 1.54) is 0 Å². The van der Waals surface area contributed by atoms with Gasteiger partial charge in [-0.2, -0.15) is 0 Å². The first kappa shape index (κ1) is 12.7. The minimum Gasteiger partial charge on any atom is -0.467 e. The van der Waals surface area contributed by atoms with Crippen LogP contribution >= 0.6 is 12.4 Å². The second kappa shape index (κ2) is 5.68. The highest BCUT2D eigenvalue weighted by Crippen LogP contribution is 2.24. The van der Waals surface area contributed by atoms with Crippen LogP contribution in [0.5, 0.6) is 0 Å². The topological polar surface area (TPSA) is 52.0 Å². The normalized spacial score (nSPS) is 11.9. The summed E-state index contributed by atoms with van der Waals surface area (Å²) in [5.41, 5.74) is 8.03. The van der Waals surface area contributed by atoms with Gasteiger partial charge in [0.1, 0.15) is 5.76 Å². The molecule has 0 aromatic carbocycles. The van der Waals surface area contributed by atoms with Crippen molar-refractivity contribution in [3.63, 3.8) is 0 Å². The average molecular weight is 239 g/mol. The molecule has 3 nitrogen and oxygen atoms in total. The zero-order valence-electron chi connectivity index (χ0n) is 9.09. The molecule has 0 saturated carbocycles. The molecule has 0 saturated heterocycles. The molecule has 1 unspecified atom stereocenters. The van der Waals surface area contributed by atoms with Crippen molar-refractivity contribution in [3.8, 4) is 11.1 Å². The van der Waals surface area contributed by atoms with E-state index in [4.69, 9.17) is 10.2 Å². The third-order valence-electron chi connectivity index (χ3n) is 2.44. The molecule has 0 fully saturated rings. The fraction of sp³-hybridized carbons (Fsp3) is 0.250. The molecule has 86 valence electrons. The predicted octanol–water partition coefficient (Wildman–Crippen LogP) is 3.17. The number of halogens is 1. The fourth-order valence-electron chi connectivity index (χ4n) is 1.44. The number of hydrogen-bond acceptors (Lipinski definition) is 3. The van der Waals surface area contributed by atoms with Gasteiger partial charge in [0.2, 0.25) is 0 Å². The number of aromatic nitrogens is 1. The van der Waals surface area contributed by atoms with Gasteiger partial charge >= 0.3 is 0 Å². The van der Waals surface area contributed by atoms with Gasteiger partial charge in [0.05, 0.1) is 12.3 Å². The van der Waals surface area contributed by atoms with Gasteiger partial charge < -0.3 is 10.2 Å². The SMILES string of the molecule is CCC(N)c1cc(-c2ccncc2)co1.Cl. The van der Waals surface area contributed by atoms with E-state index < -0.39 is 0 Å². The van der Waals surface area contributed by atoms with E-state index in [-0.39, 0.29) is 18.4 Å². The molecule has 16 heavy (non-hydrogen) atoms. The highest BCUT2D eigenvalue weighted by atomic mass is 35.5. The maximum Gasteiger partial charge on any atom is 0.121 e. The lowest BCUT2D eigenvalue weighted by atomic mass is 10.1. The number of rotatable bonds is 3. The average Bonchev–Trinajstić information content (AvgIpc) is 2.78. The van der Waals surface area contributed by atoms with Crippen LogP contribution in [0.3, 0.4) is 0 Å². The van der Waals surface area contributed by atoms with Gasteiger partial charge in [-0.15, -0.1) is 12.4 Å². The molecule has 0 amide bonds. The van der Waals surface area contributed by atoms with Crippen LogP contribution in [-0.4, -0.2) is 4.98 Å². The van der Waals surface area contributed by atoms with E-state index in [1.54, 1.807) is 18.7 Å². The van der Waals surface area contributed by atoms with Crippen LogP contribution in [0.4, 0.5) is 0 Å². The highest BCUT2D eigenvalue weighted by molar-refractivity contribution is 5.85. The van der Waals surface area contributed by atoms with E-state index in [1.807, 2.05) is 25.1 Å². The Balaban J connectivity index is 0.00000128. The summed E-state index contributed by atoms with van der Waals surface area (Å²) >= 11 is 0. The molecule has 0 spiro atoms. The number of furan rings is 1. The summed E-state index contributed by atoms with van der Waals surface area (Å²) in [7, 11) is 0. The quantitative estimate of drug-likeness (QED) is 0.894. The van der Waals surface area contributed by atoms with E-state index in [0.29, 0.717) is 0 Å². The molecular weight excluding hydrogens is 224 g/mol. The standard InChI is InChI=1S/C12H14N2O.ClH/c1-2-11(13)12-7-10(8-15-12)9-3-5-14-6-4-9;/h3-8,11H,2,13H2,1H3;1H. The third kappa shape index (κ3) is 2.62. The maximum atomic E-state index is 5.88. The van der Waals surface area contributed by atoms with Crippen LogP contribution in [0.25, 0.3) is 11.1 Å². The lowest BCUT2D eigenvalue weighted by molar-refractivity contribution is 0.460. The molecule has 0 aliphatic heterocycles. The molecule has 1 atom stereocenters. The van der Waals surface area contributed by atoms with E-state index in [0.717, 1.165) is 23.3 Å². The Morgan fingerprint density at radius 3 is 2.62 bits per heavy atom. The molecular formula is C12H15ClN2O. The number of nitrogens with two attached hydrogens (primary N) is 1. The Bertz CT molecular complexity index is 428. The van der Waals surface area contributed by atoms with Gasteiger partial charge in [-0.3, -0.25) is 4.98 Å². The van der Waals surface area contributed by atoms with Crippen molar-refractivity contribution < 1.29 is 4.42 Å². The van der Waals surface area contributed by atoms with Gasteiger partial charge in [0.25, 0.3) is 0 Å². The Morgan fingerprint density at radius 2 is 2.00 bits per heavy atom. The Morgan fingerprint density at radius 1 is 1.31 bits per heavy atom. The van der Waals surface area contributed by atoms with Gasteiger partial charge in [0.15, 0.2) is 0 Å². The summed E-state index contributed by atoms with van der Waals surface area (Å²) in [4.78, 5) is 3.97. The van der Waals surface area contributed by atoms with Crippen molar-refractivity contribution in [2.45, 2.75) is 19.4 Å². The van der Waals surface area contributed by atoms with Gasteiger partial charge in [-0.1, -0.05) is 6.92 Å². The number of nitrogens with zero attached hydrogens (tertiary/aromatic N) is 1. The van der Waals surface area contributed by atoms with Crippen molar-refractivity contribution in [2.24, 2.45) is 5.73 Å². The monoisotopic (exact) mass is 238 g/mol. The summed E-state index contributed by atoms with van der Waals surface area (Å²) in [6, 6.07) is 5.88. The molecule has 0 aliphatic rings. The smallest absolute Gasteiger partial charge is 0.121 e. The summed E-state index contributed by atoms with van der Waals surface area (Å²) in [6.45, 7) is 2.04. The van der Waals surface area contributed by atoms with E-state index in [9.17, 15) is 0 Å². The second-order valence-corrected chi connectivity index (χ2v) is 3.49. The number of pyridine rings is 1. The highest BCUT2D eigenvalue weighted by Gasteiger charge is 2.09. The minimum atomic E-state index is -0.0133. The second-order valence-electron chi connectivity index (χ2n) is 3.49. The summed E-state index contributed by atoms with van der Waals surface area (Å²) in [5.74, 6) is 0.837. The molecule has 2 aromatic rings. The molecule has 4 heteroatoms. The minimum absolute atomic E-state index is 0.